The summed E-state index contributed by atoms with van der Waals surface area (Å²) >= 11 is 1.71. The summed E-state index contributed by atoms with van der Waals surface area (Å²) in [6, 6.07) is 4.30. The van der Waals surface area contributed by atoms with Crippen molar-refractivity contribution in [3.63, 3.8) is 0 Å². The minimum atomic E-state index is -0.405. The van der Waals surface area contributed by atoms with E-state index in [0.29, 0.717) is 22.1 Å². The van der Waals surface area contributed by atoms with Gasteiger partial charge in [0.2, 0.25) is 0 Å². The normalized spacial score (nSPS) is 16.3. The predicted octanol–water partition coefficient (Wildman–Crippen LogP) is 1.84. The van der Waals surface area contributed by atoms with Gasteiger partial charge in [-0.3, -0.25) is 10.2 Å². The lowest BCUT2D eigenvalue weighted by molar-refractivity contribution is 0.0953. The second-order valence-electron chi connectivity index (χ2n) is 4.40. The van der Waals surface area contributed by atoms with Crippen LogP contribution in [-0.4, -0.2) is 24.4 Å². The van der Waals surface area contributed by atoms with E-state index in [-0.39, 0.29) is 5.82 Å². The highest BCUT2D eigenvalue weighted by molar-refractivity contribution is 7.99. The predicted molar refractivity (Wildman–Crippen MR) is 73.2 cm³/mol. The quantitative estimate of drug-likeness (QED) is 0.503. The Balaban J connectivity index is 2.00. The highest BCUT2D eigenvalue weighted by Gasteiger charge is 2.16. The van der Waals surface area contributed by atoms with E-state index in [9.17, 15) is 9.18 Å². The molecule has 3 N–H and O–H groups in total. The van der Waals surface area contributed by atoms with Gasteiger partial charge in [-0.25, -0.2) is 10.2 Å². The van der Waals surface area contributed by atoms with E-state index >= 15 is 0 Å². The lowest BCUT2D eigenvalue weighted by Gasteiger charge is -2.21. The number of benzene rings is 1. The minimum absolute atomic E-state index is 0.284. The molecule has 6 heteroatoms. The molecule has 4 nitrogen and oxygen atoms in total. The Labute approximate surface area is 115 Å². The average Bonchev–Trinajstić information content (AvgIpc) is 2.46. The van der Waals surface area contributed by atoms with Gasteiger partial charge < -0.3 is 4.74 Å². The van der Waals surface area contributed by atoms with Gasteiger partial charge >= 0.3 is 0 Å². The summed E-state index contributed by atoms with van der Waals surface area (Å²) in [6.07, 6.45) is 1.99. The molecule has 0 saturated carbocycles. The Bertz CT molecular complexity index is 450. The Hall–Kier alpha value is -1.11. The number of halogens is 1. The van der Waals surface area contributed by atoms with Crippen molar-refractivity contribution in [3.05, 3.63) is 35.1 Å². The summed E-state index contributed by atoms with van der Waals surface area (Å²) in [5, 5.41) is 0.500. The number of hydrogen-bond acceptors (Lipinski definition) is 4. The molecular formula is C13H17FN2O2S. The molecule has 1 aliphatic rings. The molecule has 0 radical (unpaired) electrons. The number of ether oxygens (including phenoxy) is 1. The van der Waals surface area contributed by atoms with Gasteiger partial charge in [-0.05, 0) is 36.6 Å². The van der Waals surface area contributed by atoms with Crippen LogP contribution in [0.3, 0.4) is 0 Å². The van der Waals surface area contributed by atoms with Crippen molar-refractivity contribution >= 4 is 17.7 Å². The number of rotatable bonds is 4. The fraction of sp³-hybridized carbons (Fsp3) is 0.462. The number of nitrogens with one attached hydrogen (secondary N) is 1. The van der Waals surface area contributed by atoms with Crippen LogP contribution in [0.25, 0.3) is 0 Å². The molecule has 1 aliphatic heterocycles. The lowest BCUT2D eigenvalue weighted by atomic mass is 10.1. The average molecular weight is 284 g/mol. The molecule has 1 fully saturated rings. The molecule has 1 amide bonds. The SMILES string of the molecule is NNC(=O)c1ccc(F)c(CSC2CCOCC2)c1. The zero-order valence-corrected chi connectivity index (χ0v) is 11.3. The van der Waals surface area contributed by atoms with Crippen LogP contribution >= 0.6 is 11.8 Å². The van der Waals surface area contributed by atoms with Crippen molar-refractivity contribution in [1.29, 1.82) is 0 Å². The number of thioether (sulfide) groups is 1. The first-order valence-electron chi connectivity index (χ1n) is 6.19. The molecule has 104 valence electrons. The first-order chi connectivity index (χ1) is 9.20. The highest BCUT2D eigenvalue weighted by Crippen LogP contribution is 2.27. The molecule has 0 spiro atoms. The number of amides is 1. The summed E-state index contributed by atoms with van der Waals surface area (Å²) < 4.78 is 19.0. The van der Waals surface area contributed by atoms with Crippen LogP contribution in [0.15, 0.2) is 18.2 Å². The van der Waals surface area contributed by atoms with Gasteiger partial charge in [-0.2, -0.15) is 11.8 Å². The molecule has 0 atom stereocenters. The van der Waals surface area contributed by atoms with Crippen molar-refractivity contribution in [2.75, 3.05) is 13.2 Å². The first-order valence-corrected chi connectivity index (χ1v) is 7.24. The van der Waals surface area contributed by atoms with E-state index < -0.39 is 5.91 Å². The van der Waals surface area contributed by atoms with Crippen LogP contribution in [0.5, 0.6) is 0 Å². The molecule has 1 aromatic rings. The molecule has 1 saturated heterocycles. The van der Waals surface area contributed by atoms with Gasteiger partial charge in [0.1, 0.15) is 5.82 Å². The van der Waals surface area contributed by atoms with E-state index in [1.54, 1.807) is 17.8 Å². The van der Waals surface area contributed by atoms with Crippen molar-refractivity contribution in [2.24, 2.45) is 5.84 Å². The zero-order valence-electron chi connectivity index (χ0n) is 10.5. The van der Waals surface area contributed by atoms with Crippen molar-refractivity contribution < 1.29 is 13.9 Å². The monoisotopic (exact) mass is 284 g/mol. The fourth-order valence-electron chi connectivity index (χ4n) is 1.96. The molecular weight excluding hydrogens is 267 g/mol. The first kappa shape index (κ1) is 14.3. The maximum absolute atomic E-state index is 13.7. The molecule has 19 heavy (non-hydrogen) atoms. The molecule has 1 heterocycles. The Morgan fingerprint density at radius 1 is 1.47 bits per heavy atom. The van der Waals surface area contributed by atoms with Crippen LogP contribution in [0.1, 0.15) is 28.8 Å². The second-order valence-corrected chi connectivity index (χ2v) is 5.69. The largest absolute Gasteiger partial charge is 0.381 e. The number of hydrazine groups is 1. The van der Waals surface area contributed by atoms with Crippen LogP contribution in [0, 0.1) is 5.82 Å². The molecule has 0 unspecified atom stereocenters. The van der Waals surface area contributed by atoms with E-state index in [1.807, 2.05) is 5.43 Å². The summed E-state index contributed by atoms with van der Waals surface area (Å²) in [7, 11) is 0. The summed E-state index contributed by atoms with van der Waals surface area (Å²) in [5.74, 6) is 4.94. The Morgan fingerprint density at radius 2 is 2.21 bits per heavy atom. The van der Waals surface area contributed by atoms with Gasteiger partial charge in [-0.15, -0.1) is 0 Å². The smallest absolute Gasteiger partial charge is 0.265 e. The Kier molecular flexibility index (Phi) is 5.18. The fourth-order valence-corrected chi connectivity index (χ4v) is 3.12. The highest BCUT2D eigenvalue weighted by atomic mass is 32.2. The van der Waals surface area contributed by atoms with Gasteiger partial charge in [-0.1, -0.05) is 0 Å². The molecule has 0 aromatic heterocycles. The third kappa shape index (κ3) is 3.92. The molecule has 0 aliphatic carbocycles. The van der Waals surface area contributed by atoms with Gasteiger partial charge in [0.05, 0.1) is 0 Å². The van der Waals surface area contributed by atoms with Crippen molar-refractivity contribution in [2.45, 2.75) is 23.8 Å². The van der Waals surface area contributed by atoms with E-state index in [2.05, 4.69) is 0 Å². The second kappa shape index (κ2) is 6.88. The van der Waals surface area contributed by atoms with Crippen LogP contribution in [-0.2, 0) is 10.5 Å². The van der Waals surface area contributed by atoms with Gasteiger partial charge in [0.15, 0.2) is 0 Å². The number of nitrogens with two attached hydrogens (primary N) is 1. The summed E-state index contributed by atoms with van der Waals surface area (Å²) in [5.41, 5.74) is 2.97. The zero-order chi connectivity index (χ0) is 13.7. The maximum atomic E-state index is 13.7. The number of carbonyl (C=O) groups excluding carboxylic acids is 1. The van der Waals surface area contributed by atoms with E-state index in [1.165, 1.54) is 12.1 Å². The van der Waals surface area contributed by atoms with E-state index in [4.69, 9.17) is 10.6 Å². The van der Waals surface area contributed by atoms with Gasteiger partial charge in [0, 0.05) is 29.8 Å². The van der Waals surface area contributed by atoms with Crippen LogP contribution in [0.2, 0.25) is 0 Å². The van der Waals surface area contributed by atoms with Crippen molar-refractivity contribution in [1.82, 2.24) is 5.43 Å². The number of nitrogen functional groups attached to an aromatic ring is 1. The summed E-state index contributed by atoms with van der Waals surface area (Å²) in [4.78, 5) is 11.4. The topological polar surface area (TPSA) is 64.3 Å². The number of carbonyl (C=O) groups is 1. The standard InChI is InChI=1S/C13H17FN2O2S/c14-12-2-1-9(13(17)16-15)7-10(12)8-19-11-3-5-18-6-4-11/h1-2,7,11H,3-6,8,15H2,(H,16,17). The summed E-state index contributed by atoms with van der Waals surface area (Å²) in [6.45, 7) is 1.55. The molecule has 2 rings (SSSR count). The minimum Gasteiger partial charge on any atom is -0.381 e. The maximum Gasteiger partial charge on any atom is 0.265 e. The van der Waals surface area contributed by atoms with E-state index in [0.717, 1.165) is 26.1 Å². The van der Waals surface area contributed by atoms with Crippen molar-refractivity contribution in [3.8, 4) is 0 Å². The molecule has 1 aromatic carbocycles. The third-order valence-electron chi connectivity index (χ3n) is 3.08. The number of hydrogen-bond donors (Lipinski definition) is 2. The van der Waals surface area contributed by atoms with Gasteiger partial charge in [0.25, 0.3) is 5.91 Å². The lowest BCUT2D eigenvalue weighted by Crippen LogP contribution is -2.30. The third-order valence-corrected chi connectivity index (χ3v) is 4.50. The van der Waals surface area contributed by atoms with Crippen LogP contribution < -0.4 is 11.3 Å². The Morgan fingerprint density at radius 3 is 2.89 bits per heavy atom. The molecule has 0 bridgehead atoms. The van der Waals surface area contributed by atoms with Crippen LogP contribution in [0.4, 0.5) is 4.39 Å².